The minimum Gasteiger partial charge on any atom is -0.361 e. The molecule has 0 spiro atoms. The number of nitrogens with one attached hydrogen (secondary N) is 4. The predicted octanol–water partition coefficient (Wildman–Crippen LogP) is 3.62. The third-order valence-electron chi connectivity index (χ3n) is 4.59. The van der Waals surface area contributed by atoms with Crippen LogP contribution in [0, 0.1) is 0 Å². The van der Waals surface area contributed by atoms with Gasteiger partial charge in [-0.1, -0.05) is 12.1 Å². The lowest BCUT2D eigenvalue weighted by Crippen LogP contribution is -2.19. The highest BCUT2D eigenvalue weighted by atomic mass is 16.2. The van der Waals surface area contributed by atoms with Gasteiger partial charge in [0, 0.05) is 41.4 Å². The Hall–Kier alpha value is -4.33. The van der Waals surface area contributed by atoms with Crippen LogP contribution in [-0.2, 0) is 9.59 Å². The normalized spacial score (nSPS) is 13.6. The van der Waals surface area contributed by atoms with Gasteiger partial charge in [-0.2, -0.15) is 0 Å². The van der Waals surface area contributed by atoms with E-state index in [2.05, 4.69) is 20.9 Å². The summed E-state index contributed by atoms with van der Waals surface area (Å²) in [7, 11) is 0. The van der Waals surface area contributed by atoms with Crippen LogP contribution in [0.5, 0.6) is 0 Å². The molecule has 2 heterocycles. The summed E-state index contributed by atoms with van der Waals surface area (Å²) in [5, 5.41) is 8.08. The van der Waals surface area contributed by atoms with Crippen molar-refractivity contribution >= 4 is 46.6 Å². The molecule has 4 amide bonds. The van der Waals surface area contributed by atoms with Crippen LogP contribution in [0.25, 0.3) is 22.8 Å². The standard InChI is InChI=1S/C22H19N5O3/c1-12(28)25-15-4-2-3-13(7-15)14-8-17(24-11-14)10-19-18-9-16(26-22(23)30)5-6-20(18)27-21(19)29/h2-11,24H,1H3,(H,25,28)(H,27,29)(H3,23,26,30)/b19-10-. The van der Waals surface area contributed by atoms with Crippen molar-refractivity contribution in [2.24, 2.45) is 5.73 Å². The van der Waals surface area contributed by atoms with E-state index >= 15 is 0 Å². The number of carbonyl (C=O) groups is 3. The van der Waals surface area contributed by atoms with Gasteiger partial charge in [0.1, 0.15) is 0 Å². The molecule has 8 heteroatoms. The fourth-order valence-electron chi connectivity index (χ4n) is 3.35. The van der Waals surface area contributed by atoms with Crippen molar-refractivity contribution in [2.45, 2.75) is 6.92 Å². The molecule has 0 bridgehead atoms. The zero-order chi connectivity index (χ0) is 21.3. The molecule has 0 atom stereocenters. The maximum absolute atomic E-state index is 12.4. The second-order valence-electron chi connectivity index (χ2n) is 6.87. The number of rotatable bonds is 4. The third-order valence-corrected chi connectivity index (χ3v) is 4.59. The van der Waals surface area contributed by atoms with E-state index in [0.29, 0.717) is 28.2 Å². The summed E-state index contributed by atoms with van der Waals surface area (Å²) in [6.07, 6.45) is 3.58. The largest absolute Gasteiger partial charge is 0.361 e. The van der Waals surface area contributed by atoms with Crippen molar-refractivity contribution in [3.8, 4) is 11.1 Å². The van der Waals surface area contributed by atoms with Gasteiger partial charge in [0.2, 0.25) is 5.91 Å². The first-order chi connectivity index (χ1) is 14.4. The third kappa shape index (κ3) is 3.93. The Balaban J connectivity index is 1.65. The van der Waals surface area contributed by atoms with E-state index in [1.54, 1.807) is 24.3 Å². The summed E-state index contributed by atoms with van der Waals surface area (Å²) in [6, 6.07) is 13.8. The average Bonchev–Trinajstić information content (AvgIpc) is 3.26. The number of hydrogen-bond acceptors (Lipinski definition) is 3. The van der Waals surface area contributed by atoms with E-state index in [9.17, 15) is 14.4 Å². The number of nitrogens with two attached hydrogens (primary N) is 1. The fraction of sp³-hybridized carbons (Fsp3) is 0.0455. The van der Waals surface area contributed by atoms with Crippen LogP contribution in [0.15, 0.2) is 54.7 Å². The second-order valence-corrected chi connectivity index (χ2v) is 6.87. The molecule has 1 aromatic heterocycles. The lowest BCUT2D eigenvalue weighted by molar-refractivity contribution is -0.114. The Morgan fingerprint density at radius 2 is 1.80 bits per heavy atom. The molecule has 0 aliphatic carbocycles. The number of amides is 4. The average molecular weight is 401 g/mol. The molecule has 0 saturated heterocycles. The summed E-state index contributed by atoms with van der Waals surface area (Å²) < 4.78 is 0. The highest BCUT2D eigenvalue weighted by Gasteiger charge is 2.24. The molecule has 8 nitrogen and oxygen atoms in total. The van der Waals surface area contributed by atoms with Crippen molar-refractivity contribution in [3.05, 3.63) is 66.0 Å². The monoisotopic (exact) mass is 401 g/mol. The molecule has 30 heavy (non-hydrogen) atoms. The first kappa shape index (κ1) is 19.0. The number of H-pyrrole nitrogens is 1. The van der Waals surface area contributed by atoms with Gasteiger partial charge in [-0.3, -0.25) is 9.59 Å². The number of primary amides is 1. The second kappa shape index (κ2) is 7.59. The molecule has 1 aliphatic rings. The zero-order valence-electron chi connectivity index (χ0n) is 16.1. The Morgan fingerprint density at radius 1 is 1.00 bits per heavy atom. The van der Waals surface area contributed by atoms with E-state index in [1.807, 2.05) is 36.5 Å². The highest BCUT2D eigenvalue weighted by molar-refractivity contribution is 6.35. The quantitative estimate of drug-likeness (QED) is 0.428. The van der Waals surface area contributed by atoms with E-state index in [0.717, 1.165) is 16.8 Å². The van der Waals surface area contributed by atoms with Gasteiger partial charge < -0.3 is 26.7 Å². The van der Waals surface area contributed by atoms with Crippen LogP contribution in [0.1, 0.15) is 18.2 Å². The minimum atomic E-state index is -0.673. The van der Waals surface area contributed by atoms with E-state index in [-0.39, 0.29) is 11.8 Å². The molecule has 150 valence electrons. The molecule has 4 rings (SSSR count). The van der Waals surface area contributed by atoms with Crippen LogP contribution in [0.2, 0.25) is 0 Å². The summed E-state index contributed by atoms with van der Waals surface area (Å²) in [4.78, 5) is 38.0. The maximum atomic E-state index is 12.4. The Morgan fingerprint density at radius 3 is 2.57 bits per heavy atom. The Labute approximate surface area is 172 Å². The topological polar surface area (TPSA) is 129 Å². The summed E-state index contributed by atoms with van der Waals surface area (Å²) in [6.45, 7) is 1.46. The zero-order valence-corrected chi connectivity index (χ0v) is 16.1. The number of benzene rings is 2. The van der Waals surface area contributed by atoms with Gasteiger partial charge >= 0.3 is 6.03 Å². The summed E-state index contributed by atoms with van der Waals surface area (Å²) >= 11 is 0. The predicted molar refractivity (Wildman–Crippen MR) is 117 cm³/mol. The SMILES string of the molecule is CC(=O)Nc1cccc(-c2c[nH]c(/C=C3\C(=O)Nc4ccc(NC(N)=O)cc43)c2)c1. The van der Waals surface area contributed by atoms with Crippen LogP contribution in [-0.4, -0.2) is 22.8 Å². The van der Waals surface area contributed by atoms with Gasteiger partial charge in [-0.05, 0) is 53.6 Å². The van der Waals surface area contributed by atoms with Gasteiger partial charge in [-0.15, -0.1) is 0 Å². The van der Waals surface area contributed by atoms with Crippen molar-refractivity contribution < 1.29 is 14.4 Å². The number of fused-ring (bicyclic) bond motifs is 1. The number of urea groups is 1. The number of carbonyl (C=O) groups excluding carboxylic acids is 3. The van der Waals surface area contributed by atoms with Gasteiger partial charge in [0.15, 0.2) is 0 Å². The van der Waals surface area contributed by atoms with Gasteiger partial charge in [0.05, 0.1) is 5.57 Å². The molecule has 2 aromatic carbocycles. The first-order valence-electron chi connectivity index (χ1n) is 9.19. The van der Waals surface area contributed by atoms with Crippen LogP contribution < -0.4 is 21.7 Å². The van der Waals surface area contributed by atoms with Crippen molar-refractivity contribution in [1.29, 1.82) is 0 Å². The van der Waals surface area contributed by atoms with Crippen molar-refractivity contribution in [2.75, 3.05) is 16.0 Å². The lowest BCUT2D eigenvalue weighted by Gasteiger charge is -2.04. The smallest absolute Gasteiger partial charge is 0.316 e. The maximum Gasteiger partial charge on any atom is 0.316 e. The summed E-state index contributed by atoms with van der Waals surface area (Å²) in [5.74, 6) is -0.368. The van der Waals surface area contributed by atoms with Crippen LogP contribution >= 0.6 is 0 Å². The first-order valence-corrected chi connectivity index (χ1v) is 9.19. The molecular formula is C22H19N5O3. The minimum absolute atomic E-state index is 0.136. The molecule has 0 radical (unpaired) electrons. The molecule has 1 aliphatic heterocycles. The number of aromatic amines is 1. The summed E-state index contributed by atoms with van der Waals surface area (Å²) in [5.41, 5.74) is 10.8. The molecule has 0 unspecified atom stereocenters. The van der Waals surface area contributed by atoms with Crippen molar-refractivity contribution in [1.82, 2.24) is 4.98 Å². The van der Waals surface area contributed by atoms with Gasteiger partial charge in [0.25, 0.3) is 5.91 Å². The van der Waals surface area contributed by atoms with Crippen LogP contribution in [0.3, 0.4) is 0 Å². The molecule has 6 N–H and O–H groups in total. The number of anilines is 3. The van der Waals surface area contributed by atoms with E-state index in [4.69, 9.17) is 5.73 Å². The van der Waals surface area contributed by atoms with E-state index in [1.165, 1.54) is 6.92 Å². The molecule has 0 fully saturated rings. The molecule has 3 aromatic rings. The highest BCUT2D eigenvalue weighted by Crippen LogP contribution is 2.35. The van der Waals surface area contributed by atoms with E-state index < -0.39 is 6.03 Å². The fourth-order valence-corrected chi connectivity index (χ4v) is 3.35. The number of aromatic nitrogens is 1. The van der Waals surface area contributed by atoms with Gasteiger partial charge in [-0.25, -0.2) is 4.79 Å². The Kier molecular flexibility index (Phi) is 4.81. The molecular weight excluding hydrogens is 382 g/mol. The lowest BCUT2D eigenvalue weighted by atomic mass is 10.0. The van der Waals surface area contributed by atoms with Crippen molar-refractivity contribution in [3.63, 3.8) is 0 Å². The number of hydrogen-bond donors (Lipinski definition) is 5. The molecule has 0 saturated carbocycles. The Bertz CT molecular complexity index is 1210. The van der Waals surface area contributed by atoms with Crippen LogP contribution in [0.4, 0.5) is 21.9 Å².